The van der Waals surface area contributed by atoms with Crippen LogP contribution in [0.5, 0.6) is 0 Å². The first-order chi connectivity index (χ1) is 8.22. The summed E-state index contributed by atoms with van der Waals surface area (Å²) in [5.41, 5.74) is 9.20. The van der Waals surface area contributed by atoms with E-state index < -0.39 is 0 Å². The lowest BCUT2D eigenvalue weighted by Crippen LogP contribution is -2.13. The number of hydrogen-bond donors (Lipinski definition) is 1. The molecule has 0 bridgehead atoms. The van der Waals surface area contributed by atoms with E-state index in [-0.39, 0.29) is 0 Å². The molecule has 17 heavy (non-hydrogen) atoms. The Kier molecular flexibility index (Phi) is 3.82. The maximum atomic E-state index is 5.77. The van der Waals surface area contributed by atoms with Gasteiger partial charge in [-0.2, -0.15) is 0 Å². The van der Waals surface area contributed by atoms with Crippen LogP contribution in [0.25, 0.3) is 0 Å². The van der Waals surface area contributed by atoms with Crippen molar-refractivity contribution >= 4 is 27.3 Å². The second-order valence-corrected chi connectivity index (χ2v) is 4.79. The zero-order chi connectivity index (χ0) is 12.3. The number of nitrogens with zero attached hydrogens (tertiary/aromatic N) is 1. The molecule has 0 heterocycles. The Balaban J connectivity index is 2.43. The molecule has 0 saturated carbocycles. The van der Waals surface area contributed by atoms with Crippen LogP contribution in [0, 0.1) is 0 Å². The molecule has 2 nitrogen and oxygen atoms in total. The van der Waals surface area contributed by atoms with Crippen molar-refractivity contribution in [2.75, 3.05) is 11.9 Å². The van der Waals surface area contributed by atoms with E-state index >= 15 is 0 Å². The van der Waals surface area contributed by atoms with Crippen LogP contribution in [-0.4, -0.2) is 7.05 Å². The first kappa shape index (κ1) is 12.1. The molecule has 0 aliphatic rings. The normalized spacial score (nSPS) is 10.3. The summed E-state index contributed by atoms with van der Waals surface area (Å²) in [6, 6.07) is 16.4. The van der Waals surface area contributed by atoms with Crippen molar-refractivity contribution in [2.24, 2.45) is 5.73 Å². The molecule has 2 rings (SSSR count). The van der Waals surface area contributed by atoms with E-state index in [1.54, 1.807) is 0 Å². The molecule has 0 amide bonds. The quantitative estimate of drug-likeness (QED) is 0.934. The van der Waals surface area contributed by atoms with Gasteiger partial charge in [0.15, 0.2) is 0 Å². The van der Waals surface area contributed by atoms with Gasteiger partial charge in [0.25, 0.3) is 0 Å². The van der Waals surface area contributed by atoms with Gasteiger partial charge >= 0.3 is 0 Å². The maximum absolute atomic E-state index is 5.77. The minimum atomic E-state index is 0.541. The van der Waals surface area contributed by atoms with Crippen LogP contribution in [0.2, 0.25) is 0 Å². The van der Waals surface area contributed by atoms with Gasteiger partial charge < -0.3 is 10.6 Å². The van der Waals surface area contributed by atoms with E-state index in [0.29, 0.717) is 6.54 Å². The first-order valence-electron chi connectivity index (χ1n) is 5.49. The van der Waals surface area contributed by atoms with E-state index in [1.165, 1.54) is 0 Å². The van der Waals surface area contributed by atoms with Gasteiger partial charge in [0, 0.05) is 29.4 Å². The Morgan fingerprint density at radius 1 is 1.12 bits per heavy atom. The number of para-hydroxylation sites is 1. The van der Waals surface area contributed by atoms with Crippen molar-refractivity contribution in [3.63, 3.8) is 0 Å². The lowest BCUT2D eigenvalue weighted by atomic mass is 10.1. The third kappa shape index (κ3) is 2.68. The molecular weight excluding hydrogens is 276 g/mol. The number of rotatable bonds is 3. The monoisotopic (exact) mass is 290 g/mol. The van der Waals surface area contributed by atoms with Crippen molar-refractivity contribution in [3.05, 3.63) is 58.6 Å². The highest BCUT2D eigenvalue weighted by molar-refractivity contribution is 9.10. The zero-order valence-electron chi connectivity index (χ0n) is 9.73. The maximum Gasteiger partial charge on any atom is 0.0464 e. The molecule has 2 aromatic rings. The van der Waals surface area contributed by atoms with Crippen LogP contribution >= 0.6 is 15.9 Å². The number of halogens is 1. The second-order valence-electron chi connectivity index (χ2n) is 3.87. The Labute approximate surface area is 110 Å². The molecule has 2 aromatic carbocycles. The molecule has 0 aromatic heterocycles. The third-order valence-electron chi connectivity index (χ3n) is 2.77. The van der Waals surface area contributed by atoms with Crippen molar-refractivity contribution in [3.8, 4) is 0 Å². The molecule has 0 unspecified atom stereocenters. The van der Waals surface area contributed by atoms with Crippen molar-refractivity contribution in [1.29, 1.82) is 0 Å². The minimum absolute atomic E-state index is 0.541. The summed E-state index contributed by atoms with van der Waals surface area (Å²) in [6.45, 7) is 0.541. The fourth-order valence-corrected chi connectivity index (χ4v) is 2.16. The van der Waals surface area contributed by atoms with Crippen LogP contribution in [0.3, 0.4) is 0 Å². The summed E-state index contributed by atoms with van der Waals surface area (Å²) in [5, 5.41) is 0. The molecule has 0 radical (unpaired) electrons. The molecule has 0 atom stereocenters. The third-order valence-corrected chi connectivity index (χ3v) is 3.27. The van der Waals surface area contributed by atoms with Crippen LogP contribution in [0.15, 0.2) is 53.0 Å². The van der Waals surface area contributed by atoms with Crippen LogP contribution in [0.1, 0.15) is 5.56 Å². The fraction of sp³-hybridized carbons (Fsp3) is 0.143. The Morgan fingerprint density at radius 3 is 2.47 bits per heavy atom. The number of nitrogens with two attached hydrogens (primary N) is 1. The van der Waals surface area contributed by atoms with Crippen molar-refractivity contribution in [1.82, 2.24) is 0 Å². The van der Waals surface area contributed by atoms with Crippen molar-refractivity contribution < 1.29 is 0 Å². The zero-order valence-corrected chi connectivity index (χ0v) is 11.3. The topological polar surface area (TPSA) is 29.3 Å². The largest absolute Gasteiger partial charge is 0.344 e. The number of hydrogen-bond acceptors (Lipinski definition) is 2. The Bertz CT molecular complexity index is 497. The van der Waals surface area contributed by atoms with Crippen molar-refractivity contribution in [2.45, 2.75) is 6.54 Å². The summed E-state index contributed by atoms with van der Waals surface area (Å²) in [4.78, 5) is 2.15. The lowest BCUT2D eigenvalue weighted by Gasteiger charge is -2.22. The van der Waals surface area contributed by atoms with E-state index in [9.17, 15) is 0 Å². The van der Waals surface area contributed by atoms with Crippen LogP contribution in [0.4, 0.5) is 11.4 Å². The predicted octanol–water partition coefficient (Wildman–Crippen LogP) is 3.68. The summed E-state index contributed by atoms with van der Waals surface area (Å²) in [7, 11) is 2.05. The predicted molar refractivity (Wildman–Crippen MR) is 76.5 cm³/mol. The molecule has 3 heteroatoms. The summed E-state index contributed by atoms with van der Waals surface area (Å²) in [5.74, 6) is 0. The molecule has 0 spiro atoms. The van der Waals surface area contributed by atoms with Crippen LogP contribution < -0.4 is 10.6 Å². The van der Waals surface area contributed by atoms with E-state index in [4.69, 9.17) is 5.73 Å². The number of benzene rings is 2. The van der Waals surface area contributed by atoms with E-state index in [0.717, 1.165) is 21.4 Å². The summed E-state index contributed by atoms with van der Waals surface area (Å²) >= 11 is 3.50. The van der Waals surface area contributed by atoms with Crippen LogP contribution in [-0.2, 0) is 6.54 Å². The first-order valence-corrected chi connectivity index (χ1v) is 6.29. The van der Waals surface area contributed by atoms with Gasteiger partial charge in [-0.3, -0.25) is 0 Å². The number of anilines is 2. The van der Waals surface area contributed by atoms with Gasteiger partial charge in [-0.25, -0.2) is 0 Å². The standard InChI is InChI=1S/C14H15BrN2/c1-17(13-5-3-2-4-6-13)14-9-12(15)8-7-11(14)10-16/h2-9H,10,16H2,1H3. The van der Waals surface area contributed by atoms with Gasteiger partial charge in [0.05, 0.1) is 0 Å². The summed E-state index contributed by atoms with van der Waals surface area (Å²) < 4.78 is 1.06. The van der Waals surface area contributed by atoms with Gasteiger partial charge in [-0.15, -0.1) is 0 Å². The second kappa shape index (κ2) is 5.34. The van der Waals surface area contributed by atoms with Gasteiger partial charge in [-0.05, 0) is 29.8 Å². The van der Waals surface area contributed by atoms with Gasteiger partial charge in [-0.1, -0.05) is 40.2 Å². The molecule has 88 valence electrons. The SMILES string of the molecule is CN(c1ccccc1)c1cc(Br)ccc1CN. The van der Waals surface area contributed by atoms with E-state index in [1.807, 2.05) is 24.3 Å². The summed E-state index contributed by atoms with van der Waals surface area (Å²) in [6.07, 6.45) is 0. The smallest absolute Gasteiger partial charge is 0.0464 e. The highest BCUT2D eigenvalue weighted by Crippen LogP contribution is 2.29. The Morgan fingerprint density at radius 2 is 1.82 bits per heavy atom. The average Bonchev–Trinajstić information content (AvgIpc) is 2.39. The average molecular weight is 291 g/mol. The molecule has 0 aliphatic heterocycles. The fourth-order valence-electron chi connectivity index (χ4n) is 1.81. The van der Waals surface area contributed by atoms with Gasteiger partial charge in [0.1, 0.15) is 0 Å². The molecule has 2 N–H and O–H groups in total. The molecule has 0 fully saturated rings. The highest BCUT2D eigenvalue weighted by atomic mass is 79.9. The Hall–Kier alpha value is -1.32. The minimum Gasteiger partial charge on any atom is -0.344 e. The van der Waals surface area contributed by atoms with E-state index in [2.05, 4.69) is 52.1 Å². The molecule has 0 saturated heterocycles. The molecular formula is C14H15BrN2. The molecule has 0 aliphatic carbocycles. The highest BCUT2D eigenvalue weighted by Gasteiger charge is 2.08. The van der Waals surface area contributed by atoms with Gasteiger partial charge in [0.2, 0.25) is 0 Å². The lowest BCUT2D eigenvalue weighted by molar-refractivity contribution is 1.04.